The summed E-state index contributed by atoms with van der Waals surface area (Å²) in [6.07, 6.45) is 0.494. The number of hydrogen-bond acceptors (Lipinski definition) is 6. The van der Waals surface area contributed by atoms with Crippen molar-refractivity contribution in [3.05, 3.63) is 60.2 Å². The van der Waals surface area contributed by atoms with Crippen LogP contribution < -0.4 is 9.64 Å². The van der Waals surface area contributed by atoms with Gasteiger partial charge in [-0.2, -0.15) is 0 Å². The summed E-state index contributed by atoms with van der Waals surface area (Å²) in [4.78, 5) is 38.3. The van der Waals surface area contributed by atoms with Gasteiger partial charge in [0, 0.05) is 5.69 Å². The molecule has 0 saturated carbocycles. The van der Waals surface area contributed by atoms with Gasteiger partial charge in [0.2, 0.25) is 0 Å². The molecule has 0 bridgehead atoms. The first-order valence-corrected chi connectivity index (χ1v) is 9.47. The lowest BCUT2D eigenvalue weighted by Gasteiger charge is -2.25. The highest BCUT2D eigenvalue weighted by Gasteiger charge is 2.28. The van der Waals surface area contributed by atoms with E-state index in [1.54, 1.807) is 37.3 Å². The molecule has 7 heteroatoms. The van der Waals surface area contributed by atoms with Crippen LogP contribution in [-0.2, 0) is 30.3 Å². The molecule has 29 heavy (non-hydrogen) atoms. The monoisotopic (exact) mass is 397 g/mol. The van der Waals surface area contributed by atoms with Gasteiger partial charge in [-0.1, -0.05) is 36.4 Å². The molecule has 1 unspecified atom stereocenters. The van der Waals surface area contributed by atoms with E-state index in [4.69, 9.17) is 14.2 Å². The van der Waals surface area contributed by atoms with E-state index in [0.717, 1.165) is 11.3 Å². The summed E-state index contributed by atoms with van der Waals surface area (Å²) in [5.74, 6) is -1.26. The quantitative estimate of drug-likeness (QED) is 0.667. The molecule has 0 N–H and O–H groups in total. The summed E-state index contributed by atoms with van der Waals surface area (Å²) in [6.45, 7) is 1.39. The van der Waals surface area contributed by atoms with Crippen molar-refractivity contribution < 1.29 is 28.6 Å². The van der Waals surface area contributed by atoms with Gasteiger partial charge in [-0.3, -0.25) is 19.3 Å². The van der Waals surface area contributed by atoms with E-state index in [1.165, 1.54) is 4.90 Å². The van der Waals surface area contributed by atoms with Gasteiger partial charge < -0.3 is 14.2 Å². The number of anilines is 1. The van der Waals surface area contributed by atoms with Gasteiger partial charge in [-0.15, -0.1) is 0 Å². The smallest absolute Gasteiger partial charge is 0.326 e. The number of ether oxygens (including phenoxy) is 3. The van der Waals surface area contributed by atoms with Gasteiger partial charge >= 0.3 is 11.9 Å². The average Bonchev–Trinajstić information content (AvgIpc) is 2.76. The Bertz CT molecular complexity index is 867. The fourth-order valence-electron chi connectivity index (χ4n) is 3.08. The summed E-state index contributed by atoms with van der Waals surface area (Å²) in [5.41, 5.74) is 1.46. The van der Waals surface area contributed by atoms with Crippen LogP contribution in [0.1, 0.15) is 12.5 Å². The Morgan fingerprint density at radius 3 is 2.52 bits per heavy atom. The van der Waals surface area contributed by atoms with Crippen molar-refractivity contribution in [2.24, 2.45) is 5.92 Å². The largest absolute Gasteiger partial charge is 0.492 e. The summed E-state index contributed by atoms with van der Waals surface area (Å²) in [5, 5.41) is 0. The molecule has 1 aliphatic heterocycles. The van der Waals surface area contributed by atoms with Crippen molar-refractivity contribution in [3.8, 4) is 5.75 Å². The molecule has 0 aromatic heterocycles. The lowest BCUT2D eigenvalue weighted by atomic mass is 9.97. The number of esters is 2. The Labute approximate surface area is 169 Å². The van der Waals surface area contributed by atoms with Gasteiger partial charge in [0.05, 0.1) is 12.5 Å². The van der Waals surface area contributed by atoms with Crippen molar-refractivity contribution in [1.82, 2.24) is 0 Å². The van der Waals surface area contributed by atoms with Crippen LogP contribution in [0, 0.1) is 5.92 Å². The molecular formula is C22H23NO6. The van der Waals surface area contributed by atoms with Gasteiger partial charge in [0.1, 0.15) is 18.9 Å². The van der Waals surface area contributed by atoms with Crippen molar-refractivity contribution >= 4 is 23.5 Å². The Hall–Kier alpha value is -3.35. The summed E-state index contributed by atoms with van der Waals surface area (Å²) >= 11 is 0. The van der Waals surface area contributed by atoms with Crippen molar-refractivity contribution in [2.75, 3.05) is 31.3 Å². The second kappa shape index (κ2) is 9.73. The first kappa shape index (κ1) is 20.4. The maximum absolute atomic E-state index is 12.7. The first-order chi connectivity index (χ1) is 14.1. The van der Waals surface area contributed by atoms with Crippen LogP contribution in [-0.4, -0.2) is 44.2 Å². The molecule has 152 valence electrons. The predicted molar refractivity (Wildman–Crippen MR) is 106 cm³/mol. The van der Waals surface area contributed by atoms with Crippen LogP contribution in [0.15, 0.2) is 54.6 Å². The van der Waals surface area contributed by atoms with E-state index in [2.05, 4.69) is 0 Å². The third-order valence-corrected chi connectivity index (χ3v) is 4.51. The fraction of sp³-hybridized carbons (Fsp3) is 0.318. The number of amides is 1. The van der Waals surface area contributed by atoms with E-state index in [9.17, 15) is 14.4 Å². The zero-order valence-electron chi connectivity index (χ0n) is 16.2. The molecule has 0 spiro atoms. The normalized spacial score (nSPS) is 14.9. The number of hydrogen-bond donors (Lipinski definition) is 0. The number of para-hydroxylation sites is 2. The molecule has 0 saturated heterocycles. The molecule has 1 amide bonds. The second-order valence-electron chi connectivity index (χ2n) is 6.55. The molecule has 1 heterocycles. The third-order valence-electron chi connectivity index (χ3n) is 4.51. The van der Waals surface area contributed by atoms with Gasteiger partial charge in [0.15, 0.2) is 6.61 Å². The SMILES string of the molecule is CCOC(=O)CN(C(=O)COC(=O)C1COc2ccccc2C1)c1ccccc1. The fourth-order valence-corrected chi connectivity index (χ4v) is 3.08. The number of rotatable bonds is 7. The topological polar surface area (TPSA) is 82.1 Å². The van der Waals surface area contributed by atoms with Crippen molar-refractivity contribution in [2.45, 2.75) is 13.3 Å². The minimum Gasteiger partial charge on any atom is -0.492 e. The lowest BCUT2D eigenvalue weighted by Crippen LogP contribution is -2.40. The van der Waals surface area contributed by atoms with Crippen LogP contribution in [0.2, 0.25) is 0 Å². The minimum absolute atomic E-state index is 0.204. The van der Waals surface area contributed by atoms with Crippen LogP contribution >= 0.6 is 0 Å². The van der Waals surface area contributed by atoms with E-state index < -0.39 is 30.4 Å². The van der Waals surface area contributed by atoms with Crippen LogP contribution in [0.4, 0.5) is 5.69 Å². The molecule has 0 radical (unpaired) electrons. The Morgan fingerprint density at radius 1 is 1.03 bits per heavy atom. The highest BCUT2D eigenvalue weighted by atomic mass is 16.5. The van der Waals surface area contributed by atoms with Gasteiger partial charge in [0.25, 0.3) is 5.91 Å². The van der Waals surface area contributed by atoms with Crippen molar-refractivity contribution in [3.63, 3.8) is 0 Å². The number of carbonyl (C=O) groups excluding carboxylic acids is 3. The van der Waals surface area contributed by atoms with Crippen LogP contribution in [0.25, 0.3) is 0 Å². The Morgan fingerprint density at radius 2 is 1.76 bits per heavy atom. The predicted octanol–water partition coefficient (Wildman–Crippen LogP) is 2.38. The van der Waals surface area contributed by atoms with Gasteiger partial charge in [-0.25, -0.2) is 0 Å². The number of fused-ring (bicyclic) bond motifs is 1. The molecule has 2 aromatic rings. The average molecular weight is 397 g/mol. The first-order valence-electron chi connectivity index (χ1n) is 9.47. The summed E-state index contributed by atoms with van der Waals surface area (Å²) in [6, 6.07) is 16.2. The highest BCUT2D eigenvalue weighted by Crippen LogP contribution is 2.27. The maximum Gasteiger partial charge on any atom is 0.326 e. The van der Waals surface area contributed by atoms with E-state index in [1.807, 2.05) is 24.3 Å². The molecule has 0 fully saturated rings. The van der Waals surface area contributed by atoms with E-state index >= 15 is 0 Å². The standard InChI is InChI=1S/C22H23NO6/c1-2-27-21(25)13-23(18-9-4-3-5-10-18)20(24)15-29-22(26)17-12-16-8-6-7-11-19(16)28-14-17/h3-11,17H,2,12-15H2,1H3. The zero-order valence-corrected chi connectivity index (χ0v) is 16.2. The molecule has 1 atom stereocenters. The van der Waals surface area contributed by atoms with Crippen LogP contribution in [0.5, 0.6) is 5.75 Å². The van der Waals surface area contributed by atoms with E-state index in [-0.39, 0.29) is 19.8 Å². The third kappa shape index (κ3) is 5.34. The van der Waals surface area contributed by atoms with E-state index in [0.29, 0.717) is 12.1 Å². The van der Waals surface area contributed by atoms with Gasteiger partial charge in [-0.05, 0) is 37.1 Å². The molecule has 1 aliphatic rings. The number of nitrogens with zero attached hydrogens (tertiary/aromatic N) is 1. The lowest BCUT2D eigenvalue weighted by molar-refractivity contribution is -0.153. The molecule has 2 aromatic carbocycles. The minimum atomic E-state index is -0.534. The molecule has 3 rings (SSSR count). The van der Waals surface area contributed by atoms with Crippen molar-refractivity contribution in [1.29, 1.82) is 0 Å². The number of carbonyl (C=O) groups is 3. The van der Waals surface area contributed by atoms with Crippen LogP contribution in [0.3, 0.4) is 0 Å². The Balaban J connectivity index is 1.61. The number of benzene rings is 2. The zero-order chi connectivity index (χ0) is 20.6. The summed E-state index contributed by atoms with van der Waals surface area (Å²) in [7, 11) is 0. The summed E-state index contributed by atoms with van der Waals surface area (Å²) < 4.78 is 15.8. The Kier molecular flexibility index (Phi) is 6.84. The molecular weight excluding hydrogens is 374 g/mol. The second-order valence-corrected chi connectivity index (χ2v) is 6.55. The maximum atomic E-state index is 12.7. The highest BCUT2D eigenvalue weighted by molar-refractivity contribution is 5.99. The molecule has 7 nitrogen and oxygen atoms in total. The molecule has 0 aliphatic carbocycles.